The molecule has 0 saturated carbocycles. The Morgan fingerprint density at radius 3 is 2.44 bits per heavy atom. The molecule has 0 aromatic heterocycles. The lowest BCUT2D eigenvalue weighted by atomic mass is 10.7. The third-order valence-corrected chi connectivity index (χ3v) is 1.19. The molecular formula is C3H6ClNO3S. The molecule has 0 unspecified atom stereocenters. The minimum atomic E-state index is -2.53. The number of hydrogen-bond acceptors (Lipinski definition) is 3. The van der Waals surface area contributed by atoms with E-state index in [0.29, 0.717) is 0 Å². The molecule has 1 N–H and O–H groups in total. The molecule has 0 aliphatic heterocycles. The second kappa shape index (κ2) is 4.58. The number of halogens is 1. The molecule has 4 nitrogen and oxygen atoms in total. The summed E-state index contributed by atoms with van der Waals surface area (Å²) in [4.78, 5) is 10.2. The van der Waals surface area contributed by atoms with E-state index in [4.69, 9.17) is 11.6 Å². The van der Waals surface area contributed by atoms with Crippen molar-refractivity contribution in [3.05, 3.63) is 0 Å². The van der Waals surface area contributed by atoms with Crippen molar-refractivity contribution in [3.8, 4) is 0 Å². The Balaban J connectivity index is 3.39. The zero-order chi connectivity index (χ0) is 7.28. The Morgan fingerprint density at radius 1 is 1.56 bits per heavy atom. The summed E-state index contributed by atoms with van der Waals surface area (Å²) in [6.45, 7) is 0. The SMILES string of the molecule is O=C(CCl)NC[SH](=O)=O. The van der Waals surface area contributed by atoms with E-state index in [1.807, 2.05) is 0 Å². The Kier molecular flexibility index (Phi) is 4.43. The van der Waals surface area contributed by atoms with Gasteiger partial charge in [0.25, 0.3) is 0 Å². The first-order valence-corrected chi connectivity index (χ1v) is 4.01. The van der Waals surface area contributed by atoms with Crippen LogP contribution in [-0.2, 0) is 15.5 Å². The molecule has 0 heterocycles. The highest BCUT2D eigenvalue weighted by Gasteiger charge is 1.95. The quantitative estimate of drug-likeness (QED) is 0.419. The van der Waals surface area contributed by atoms with Gasteiger partial charge in [0.1, 0.15) is 11.8 Å². The first kappa shape index (κ1) is 8.71. The van der Waals surface area contributed by atoms with Gasteiger partial charge in [-0.3, -0.25) is 4.79 Å². The largest absolute Gasteiger partial charge is 0.341 e. The summed E-state index contributed by atoms with van der Waals surface area (Å²) in [5.74, 6) is -1.01. The number of carbonyl (C=O) groups excluding carboxylic acids is 1. The van der Waals surface area contributed by atoms with E-state index in [0.717, 1.165) is 0 Å². The Labute approximate surface area is 59.1 Å². The van der Waals surface area contributed by atoms with Gasteiger partial charge >= 0.3 is 0 Å². The maximum Gasteiger partial charge on any atom is 0.235 e. The van der Waals surface area contributed by atoms with E-state index in [-0.39, 0.29) is 11.8 Å². The average Bonchev–Trinajstić information content (AvgIpc) is 1.83. The molecule has 0 rings (SSSR count). The van der Waals surface area contributed by atoms with Gasteiger partial charge in [0.05, 0.1) is 0 Å². The van der Waals surface area contributed by atoms with Gasteiger partial charge in [0.15, 0.2) is 10.7 Å². The molecular weight excluding hydrogens is 166 g/mol. The third kappa shape index (κ3) is 5.58. The number of alkyl halides is 1. The monoisotopic (exact) mass is 171 g/mol. The van der Waals surface area contributed by atoms with Crippen LogP contribution in [0.25, 0.3) is 0 Å². The van der Waals surface area contributed by atoms with E-state index >= 15 is 0 Å². The summed E-state index contributed by atoms with van der Waals surface area (Å²) in [6, 6.07) is 0. The van der Waals surface area contributed by atoms with Crippen LogP contribution < -0.4 is 5.32 Å². The van der Waals surface area contributed by atoms with Crippen molar-refractivity contribution in [1.82, 2.24) is 5.32 Å². The highest BCUT2D eigenvalue weighted by molar-refractivity contribution is 7.72. The molecule has 1 amide bonds. The third-order valence-electron chi connectivity index (χ3n) is 0.527. The highest BCUT2D eigenvalue weighted by Crippen LogP contribution is 1.72. The van der Waals surface area contributed by atoms with Gasteiger partial charge in [0.2, 0.25) is 5.91 Å². The molecule has 0 aromatic rings. The van der Waals surface area contributed by atoms with Crippen molar-refractivity contribution in [1.29, 1.82) is 0 Å². The van der Waals surface area contributed by atoms with Crippen molar-refractivity contribution in [2.45, 2.75) is 0 Å². The Bertz CT molecular complexity index is 158. The van der Waals surface area contributed by atoms with Crippen molar-refractivity contribution in [2.24, 2.45) is 0 Å². The number of nitrogens with one attached hydrogen (secondary N) is 1. The number of hydrogen-bond donors (Lipinski definition) is 2. The molecule has 0 spiro atoms. The molecule has 0 atom stereocenters. The number of rotatable bonds is 3. The fourth-order valence-corrected chi connectivity index (χ4v) is 0.600. The maximum absolute atomic E-state index is 10.2. The molecule has 0 aromatic carbocycles. The van der Waals surface area contributed by atoms with Crippen LogP contribution in [0.15, 0.2) is 0 Å². The second-order valence-electron chi connectivity index (χ2n) is 1.22. The summed E-state index contributed by atoms with van der Waals surface area (Å²) in [5, 5.41) is 2.06. The summed E-state index contributed by atoms with van der Waals surface area (Å²) in [5.41, 5.74) is 0. The van der Waals surface area contributed by atoms with Crippen LogP contribution in [0.4, 0.5) is 0 Å². The molecule has 0 fully saturated rings. The van der Waals surface area contributed by atoms with Crippen molar-refractivity contribution in [2.75, 3.05) is 11.8 Å². The van der Waals surface area contributed by atoms with Crippen LogP contribution in [0.2, 0.25) is 0 Å². The van der Waals surface area contributed by atoms with E-state index in [2.05, 4.69) is 5.32 Å². The second-order valence-corrected chi connectivity index (χ2v) is 2.47. The lowest BCUT2D eigenvalue weighted by Crippen LogP contribution is -2.25. The Morgan fingerprint density at radius 2 is 2.11 bits per heavy atom. The van der Waals surface area contributed by atoms with Crippen molar-refractivity contribution >= 4 is 28.2 Å². The summed E-state index contributed by atoms with van der Waals surface area (Å²) < 4.78 is 19.6. The van der Waals surface area contributed by atoms with E-state index in [1.54, 1.807) is 0 Å². The summed E-state index contributed by atoms with van der Waals surface area (Å²) >= 11 is 5.03. The van der Waals surface area contributed by atoms with Crippen LogP contribution in [0.5, 0.6) is 0 Å². The van der Waals surface area contributed by atoms with Crippen molar-refractivity contribution < 1.29 is 13.2 Å². The summed E-state index contributed by atoms with van der Waals surface area (Å²) in [6.07, 6.45) is 0. The normalized spacial score (nSPS) is 9.56. The Hall–Kier alpha value is -0.290. The molecule has 0 aliphatic rings. The van der Waals surface area contributed by atoms with Crippen LogP contribution in [0, 0.1) is 0 Å². The zero-order valence-corrected chi connectivity index (χ0v) is 6.11. The van der Waals surface area contributed by atoms with E-state index in [9.17, 15) is 13.2 Å². The first-order chi connectivity index (χ1) is 4.16. The van der Waals surface area contributed by atoms with Crippen molar-refractivity contribution in [3.63, 3.8) is 0 Å². The first-order valence-electron chi connectivity index (χ1n) is 2.11. The number of amides is 1. The maximum atomic E-state index is 10.2. The minimum Gasteiger partial charge on any atom is -0.341 e. The van der Waals surface area contributed by atoms with Crippen LogP contribution >= 0.6 is 11.6 Å². The minimum absolute atomic E-state index is 0.205. The van der Waals surface area contributed by atoms with Crippen LogP contribution in [0.3, 0.4) is 0 Å². The zero-order valence-electron chi connectivity index (χ0n) is 4.46. The van der Waals surface area contributed by atoms with Gasteiger partial charge in [-0.1, -0.05) is 0 Å². The van der Waals surface area contributed by atoms with E-state index in [1.165, 1.54) is 0 Å². The average molecular weight is 172 g/mol. The smallest absolute Gasteiger partial charge is 0.235 e. The molecule has 0 saturated heterocycles. The van der Waals surface area contributed by atoms with Crippen LogP contribution in [0.1, 0.15) is 0 Å². The van der Waals surface area contributed by atoms with Gasteiger partial charge < -0.3 is 5.32 Å². The molecule has 0 bridgehead atoms. The molecule has 9 heavy (non-hydrogen) atoms. The van der Waals surface area contributed by atoms with Gasteiger partial charge in [-0.15, -0.1) is 11.6 Å². The lowest BCUT2D eigenvalue weighted by Gasteiger charge is -1.92. The highest BCUT2D eigenvalue weighted by atomic mass is 35.5. The standard InChI is InChI=1S/C3H6ClNO3S/c4-1-3(6)5-2-9(7)8/h9H,1-2H2,(H,5,6). The molecule has 0 radical (unpaired) electrons. The summed E-state index contributed by atoms with van der Waals surface area (Å²) in [7, 11) is -2.53. The molecule has 0 aliphatic carbocycles. The predicted molar refractivity (Wildman–Crippen MR) is 34.0 cm³/mol. The lowest BCUT2D eigenvalue weighted by molar-refractivity contribution is -0.118. The fraction of sp³-hybridized carbons (Fsp3) is 0.667. The fourth-order valence-electron chi connectivity index (χ4n) is 0.200. The molecule has 54 valence electrons. The predicted octanol–water partition coefficient (Wildman–Crippen LogP) is -1.09. The topological polar surface area (TPSA) is 63.2 Å². The van der Waals surface area contributed by atoms with Gasteiger partial charge in [0, 0.05) is 0 Å². The van der Waals surface area contributed by atoms with Gasteiger partial charge in [-0.05, 0) is 0 Å². The van der Waals surface area contributed by atoms with Crippen LogP contribution in [-0.4, -0.2) is 26.1 Å². The number of carbonyl (C=O) groups is 1. The van der Waals surface area contributed by atoms with Gasteiger partial charge in [-0.25, -0.2) is 8.42 Å². The number of thiol groups is 1. The van der Waals surface area contributed by atoms with Gasteiger partial charge in [-0.2, -0.15) is 0 Å². The van der Waals surface area contributed by atoms with E-state index < -0.39 is 16.6 Å². The molecule has 6 heteroatoms.